The maximum absolute atomic E-state index is 12.7. The normalized spacial score (nSPS) is 11.2. The molecule has 0 unspecified atom stereocenters. The Bertz CT molecular complexity index is 1680. The van der Waals surface area contributed by atoms with E-state index >= 15 is 0 Å². The van der Waals surface area contributed by atoms with Crippen molar-refractivity contribution in [3.05, 3.63) is 133 Å². The van der Waals surface area contributed by atoms with Crippen LogP contribution in [0.15, 0.2) is 132 Å². The van der Waals surface area contributed by atoms with Gasteiger partial charge in [-0.1, -0.05) is 54.6 Å². The van der Waals surface area contributed by atoms with E-state index in [1.54, 1.807) is 22.9 Å². The zero-order valence-electron chi connectivity index (χ0n) is 20.3. The van der Waals surface area contributed by atoms with Crippen molar-refractivity contribution < 1.29 is 13.9 Å². The van der Waals surface area contributed by atoms with E-state index in [1.807, 2.05) is 109 Å². The van der Waals surface area contributed by atoms with Crippen molar-refractivity contribution in [2.24, 2.45) is 0 Å². The van der Waals surface area contributed by atoms with Crippen LogP contribution in [0.1, 0.15) is 5.56 Å². The molecular formula is C32H23N3O3. The number of fused-ring (bicyclic) bond motifs is 1. The molecule has 2 heterocycles. The summed E-state index contributed by atoms with van der Waals surface area (Å²) in [4.78, 5) is 12.7. The highest BCUT2D eigenvalue weighted by Gasteiger charge is 2.15. The Morgan fingerprint density at radius 3 is 2.26 bits per heavy atom. The van der Waals surface area contributed by atoms with Gasteiger partial charge < -0.3 is 14.5 Å². The quantitative estimate of drug-likeness (QED) is 0.229. The van der Waals surface area contributed by atoms with Gasteiger partial charge in [0.1, 0.15) is 22.8 Å². The molecule has 0 saturated heterocycles. The van der Waals surface area contributed by atoms with Gasteiger partial charge in [0.2, 0.25) is 5.91 Å². The van der Waals surface area contributed by atoms with E-state index in [0.717, 1.165) is 28.0 Å². The van der Waals surface area contributed by atoms with Gasteiger partial charge in [-0.25, -0.2) is 4.68 Å². The van der Waals surface area contributed by atoms with Crippen LogP contribution in [0, 0.1) is 0 Å². The summed E-state index contributed by atoms with van der Waals surface area (Å²) in [6.07, 6.45) is 5.13. The Balaban J connectivity index is 1.22. The third kappa shape index (κ3) is 5.10. The maximum atomic E-state index is 12.7. The molecule has 6 nitrogen and oxygen atoms in total. The van der Waals surface area contributed by atoms with E-state index in [9.17, 15) is 4.79 Å². The Morgan fingerprint density at radius 2 is 1.50 bits per heavy atom. The number of carbonyl (C=O) groups excluding carboxylic acids is 1. The third-order valence-electron chi connectivity index (χ3n) is 5.94. The van der Waals surface area contributed by atoms with E-state index < -0.39 is 0 Å². The van der Waals surface area contributed by atoms with Crippen LogP contribution in [0.4, 0.5) is 5.69 Å². The molecule has 38 heavy (non-hydrogen) atoms. The molecule has 0 aliphatic heterocycles. The number of nitrogens with zero attached hydrogens (tertiary/aromatic N) is 2. The second-order valence-electron chi connectivity index (χ2n) is 8.62. The second-order valence-corrected chi connectivity index (χ2v) is 8.62. The van der Waals surface area contributed by atoms with Crippen LogP contribution in [0.2, 0.25) is 0 Å². The van der Waals surface area contributed by atoms with Crippen LogP contribution in [0.25, 0.3) is 34.2 Å². The molecular weight excluding hydrogens is 474 g/mol. The van der Waals surface area contributed by atoms with Gasteiger partial charge in [-0.2, -0.15) is 5.10 Å². The lowest BCUT2D eigenvalue weighted by Crippen LogP contribution is -2.07. The van der Waals surface area contributed by atoms with Crippen molar-refractivity contribution in [1.82, 2.24) is 9.78 Å². The van der Waals surface area contributed by atoms with Gasteiger partial charge in [-0.05, 0) is 66.7 Å². The number of carbonyl (C=O) groups is 1. The predicted octanol–water partition coefficient (Wildman–Crippen LogP) is 7.73. The smallest absolute Gasteiger partial charge is 0.248 e. The Kier molecular flexibility index (Phi) is 6.27. The molecule has 6 heteroatoms. The molecule has 6 aromatic rings. The van der Waals surface area contributed by atoms with Crippen LogP contribution in [-0.2, 0) is 4.79 Å². The molecule has 0 fully saturated rings. The average molecular weight is 498 g/mol. The summed E-state index contributed by atoms with van der Waals surface area (Å²) in [5.74, 6) is 1.82. The first-order valence-corrected chi connectivity index (χ1v) is 12.2. The minimum atomic E-state index is -0.259. The molecule has 0 bridgehead atoms. The van der Waals surface area contributed by atoms with Gasteiger partial charge in [-0.15, -0.1) is 0 Å². The predicted molar refractivity (Wildman–Crippen MR) is 149 cm³/mol. The number of ether oxygens (including phenoxy) is 1. The number of anilines is 1. The number of amides is 1. The lowest BCUT2D eigenvalue weighted by Gasteiger charge is -2.07. The highest BCUT2D eigenvalue weighted by molar-refractivity contribution is 6.02. The van der Waals surface area contributed by atoms with Crippen molar-refractivity contribution in [2.45, 2.75) is 0 Å². The van der Waals surface area contributed by atoms with E-state index in [0.29, 0.717) is 22.9 Å². The Morgan fingerprint density at radius 1 is 0.816 bits per heavy atom. The summed E-state index contributed by atoms with van der Waals surface area (Å²) in [5.41, 5.74) is 3.76. The molecule has 1 amide bonds. The molecule has 0 spiro atoms. The van der Waals surface area contributed by atoms with Crippen LogP contribution in [-0.4, -0.2) is 15.7 Å². The van der Waals surface area contributed by atoms with Crippen LogP contribution in [0.5, 0.6) is 11.5 Å². The fourth-order valence-electron chi connectivity index (χ4n) is 4.09. The van der Waals surface area contributed by atoms with Crippen molar-refractivity contribution >= 4 is 28.6 Å². The van der Waals surface area contributed by atoms with Crippen molar-refractivity contribution in [3.8, 4) is 28.6 Å². The van der Waals surface area contributed by atoms with Crippen LogP contribution in [0.3, 0.4) is 0 Å². The molecule has 0 radical (unpaired) electrons. The number of nitrogens with one attached hydrogen (secondary N) is 1. The minimum absolute atomic E-state index is 0.259. The summed E-state index contributed by atoms with van der Waals surface area (Å²) < 4.78 is 13.7. The van der Waals surface area contributed by atoms with E-state index in [4.69, 9.17) is 14.3 Å². The summed E-state index contributed by atoms with van der Waals surface area (Å²) in [7, 11) is 0. The average Bonchev–Trinajstić information content (AvgIpc) is 3.58. The van der Waals surface area contributed by atoms with E-state index in [2.05, 4.69) is 5.32 Å². The van der Waals surface area contributed by atoms with E-state index in [1.165, 1.54) is 6.08 Å². The highest BCUT2D eigenvalue weighted by atomic mass is 16.5. The van der Waals surface area contributed by atoms with Crippen LogP contribution < -0.4 is 10.1 Å². The zero-order valence-corrected chi connectivity index (χ0v) is 20.3. The number of aromatic nitrogens is 2. The van der Waals surface area contributed by atoms with Crippen LogP contribution >= 0.6 is 0 Å². The number of rotatable bonds is 7. The van der Waals surface area contributed by atoms with Gasteiger partial charge >= 0.3 is 0 Å². The molecule has 184 valence electrons. The maximum Gasteiger partial charge on any atom is 0.248 e. The molecule has 4 aromatic carbocycles. The fourth-order valence-corrected chi connectivity index (χ4v) is 4.09. The van der Waals surface area contributed by atoms with Gasteiger partial charge in [0.15, 0.2) is 5.76 Å². The Hall–Kier alpha value is -5.36. The molecule has 0 aliphatic rings. The summed E-state index contributed by atoms with van der Waals surface area (Å²) in [6.45, 7) is 0. The molecule has 2 aromatic heterocycles. The number of hydrogen-bond acceptors (Lipinski definition) is 4. The topological polar surface area (TPSA) is 69.3 Å². The molecule has 0 saturated carbocycles. The highest BCUT2D eigenvalue weighted by Crippen LogP contribution is 2.30. The number of furan rings is 1. The third-order valence-corrected chi connectivity index (χ3v) is 5.94. The van der Waals surface area contributed by atoms with Crippen molar-refractivity contribution in [1.29, 1.82) is 0 Å². The zero-order chi connectivity index (χ0) is 25.7. The van der Waals surface area contributed by atoms with Crippen molar-refractivity contribution in [3.63, 3.8) is 0 Å². The molecule has 6 rings (SSSR count). The number of hydrogen-bond donors (Lipinski definition) is 1. The molecule has 0 aliphatic carbocycles. The van der Waals surface area contributed by atoms with Gasteiger partial charge in [0, 0.05) is 28.9 Å². The summed E-state index contributed by atoms with van der Waals surface area (Å²) in [6, 6.07) is 36.4. The van der Waals surface area contributed by atoms with Gasteiger partial charge in [-0.3, -0.25) is 4.79 Å². The lowest BCUT2D eigenvalue weighted by molar-refractivity contribution is -0.111. The molecule has 0 atom stereocenters. The largest absolute Gasteiger partial charge is 0.457 e. The van der Waals surface area contributed by atoms with Crippen molar-refractivity contribution in [2.75, 3.05) is 5.32 Å². The second kappa shape index (κ2) is 10.3. The monoisotopic (exact) mass is 497 g/mol. The number of para-hydroxylation sites is 3. The summed E-state index contributed by atoms with van der Waals surface area (Å²) in [5, 5.41) is 8.66. The summed E-state index contributed by atoms with van der Waals surface area (Å²) >= 11 is 0. The first-order chi connectivity index (χ1) is 18.7. The van der Waals surface area contributed by atoms with Gasteiger partial charge in [0.05, 0.1) is 5.69 Å². The fraction of sp³-hybridized carbons (Fsp3) is 0. The number of benzene rings is 4. The first-order valence-electron chi connectivity index (χ1n) is 12.2. The SMILES string of the molecule is O=C(C=Cc1cn(-c2ccccc2)nc1-c1cc2ccccc2o1)Nc1ccc(Oc2ccccc2)cc1. The molecule has 1 N–H and O–H groups in total. The lowest BCUT2D eigenvalue weighted by atomic mass is 10.2. The standard InChI is InChI=1S/C32H23N3O3/c36-31(33-25-16-18-28(19-17-25)37-27-12-5-2-6-13-27)20-15-24-22-35(26-10-3-1-4-11-26)34-32(24)30-21-23-9-7-8-14-29(23)38-30/h1-22H,(H,33,36). The minimum Gasteiger partial charge on any atom is -0.457 e. The van der Waals surface area contributed by atoms with E-state index in [-0.39, 0.29) is 5.91 Å². The van der Waals surface area contributed by atoms with Gasteiger partial charge in [0.25, 0.3) is 0 Å². The first kappa shape index (κ1) is 23.1. The Labute approximate surface area is 219 Å².